The second-order valence-electron chi connectivity index (χ2n) is 22.1. The van der Waals surface area contributed by atoms with E-state index >= 15 is 26.3 Å². The maximum atomic E-state index is 15.5. The molecular formula is C59H78F6N2O13. The highest BCUT2D eigenvalue weighted by Crippen LogP contribution is 2.55. The van der Waals surface area contributed by atoms with Gasteiger partial charge in [-0.3, -0.25) is 9.59 Å². The highest BCUT2D eigenvalue weighted by molar-refractivity contribution is 6.04. The topological polar surface area (TPSA) is 172 Å². The molecule has 0 saturated carbocycles. The number of carbonyl (C=O) groups is 3. The number of nitrogens with zero attached hydrogens (tertiary/aromatic N) is 2. The van der Waals surface area contributed by atoms with Crippen LogP contribution in [0.4, 0.5) is 26.3 Å². The van der Waals surface area contributed by atoms with Gasteiger partial charge in [-0.05, 0) is 120 Å². The van der Waals surface area contributed by atoms with E-state index in [0.29, 0.717) is 12.8 Å². The molecule has 0 saturated heterocycles. The van der Waals surface area contributed by atoms with Crippen molar-refractivity contribution in [2.75, 3.05) is 48.3 Å². The van der Waals surface area contributed by atoms with E-state index in [4.69, 9.17) is 37.9 Å². The summed E-state index contributed by atoms with van der Waals surface area (Å²) in [6, 6.07) is -1.63. The van der Waals surface area contributed by atoms with Gasteiger partial charge in [-0.25, -0.2) is 4.79 Å². The molecule has 0 aliphatic carbocycles. The van der Waals surface area contributed by atoms with E-state index in [1.807, 2.05) is 53.7 Å². The Morgan fingerprint density at radius 2 is 1.09 bits per heavy atom. The Hall–Kier alpha value is -5.61. The van der Waals surface area contributed by atoms with E-state index in [9.17, 15) is 24.6 Å². The molecule has 15 nitrogen and oxygen atoms in total. The molecule has 2 amide bonds. The Balaban J connectivity index is 1.33. The number of ether oxygens (including phenoxy) is 8. The number of alkyl halides is 6. The highest BCUT2D eigenvalue weighted by atomic mass is 19.4. The lowest BCUT2D eigenvalue weighted by molar-refractivity contribution is -0.160. The van der Waals surface area contributed by atoms with Crippen LogP contribution < -0.4 is 18.9 Å². The third-order valence-electron chi connectivity index (χ3n) is 15.3. The number of amides is 2. The number of aliphatic hydroxyl groups excluding tert-OH is 2. The lowest BCUT2D eigenvalue weighted by Gasteiger charge is -2.41. The monoisotopic (exact) mass is 1140 g/mol. The molecule has 2 N–H and O–H groups in total. The molecule has 21 heteroatoms. The average molecular weight is 1140 g/mol. The van der Waals surface area contributed by atoms with Gasteiger partial charge in [0.15, 0.2) is 20.4 Å². The van der Waals surface area contributed by atoms with Gasteiger partial charge >= 0.3 is 18.3 Å². The zero-order chi connectivity index (χ0) is 59.1. The summed E-state index contributed by atoms with van der Waals surface area (Å²) in [5.41, 5.74) is -3.05. The van der Waals surface area contributed by atoms with Crippen LogP contribution in [0.2, 0.25) is 0 Å². The molecule has 2 aromatic carbocycles. The van der Waals surface area contributed by atoms with Crippen LogP contribution in [-0.4, -0.2) is 116 Å². The first-order chi connectivity index (χ1) is 37.6. The summed E-state index contributed by atoms with van der Waals surface area (Å²) in [7, 11) is 3.64. The minimum atomic E-state index is -5.23. The molecule has 4 heterocycles. The predicted octanol–water partition coefficient (Wildman–Crippen LogP) is 11.7. The SMILES string of the molecule is COCOC(=O)[C@H](CCCN1Cc2c3c(c(OCOC)c(C(F)(F)F)c2C1=O)C[C@H](O)[C@@](C)(CC/C=C(\C)CCC=C(C)C)O3)N1Cc2c3c(c(OCOC)c(C(F)(F)F)c2C1=O)C[C@H](O)[C@@](C)(CC/C=C(\C)CCC=C(C)C)O3. The predicted molar refractivity (Wildman–Crippen MR) is 284 cm³/mol. The van der Waals surface area contributed by atoms with Gasteiger partial charge in [0.25, 0.3) is 11.8 Å². The molecule has 0 spiro atoms. The number of benzene rings is 2. The molecule has 0 bridgehead atoms. The zero-order valence-electron chi connectivity index (χ0n) is 47.8. The van der Waals surface area contributed by atoms with Crippen molar-refractivity contribution in [3.05, 3.63) is 91.1 Å². The fourth-order valence-electron chi connectivity index (χ4n) is 10.9. The molecule has 6 rings (SSSR count). The van der Waals surface area contributed by atoms with Gasteiger partial charge in [-0.1, -0.05) is 46.6 Å². The van der Waals surface area contributed by atoms with E-state index in [2.05, 4.69) is 12.2 Å². The lowest BCUT2D eigenvalue weighted by atomic mass is 9.82. The Morgan fingerprint density at radius 1 is 0.650 bits per heavy atom. The molecule has 80 heavy (non-hydrogen) atoms. The molecule has 4 aliphatic heterocycles. The minimum Gasteiger partial charge on any atom is -0.484 e. The van der Waals surface area contributed by atoms with E-state index < -0.39 is 127 Å². The second-order valence-corrected chi connectivity index (χ2v) is 22.1. The first-order valence-corrected chi connectivity index (χ1v) is 27.0. The van der Waals surface area contributed by atoms with Crippen LogP contribution in [0.5, 0.6) is 23.0 Å². The molecule has 0 unspecified atom stereocenters. The van der Waals surface area contributed by atoms with Crippen LogP contribution in [0.3, 0.4) is 0 Å². The van der Waals surface area contributed by atoms with Crippen molar-refractivity contribution in [2.45, 2.75) is 187 Å². The van der Waals surface area contributed by atoms with Gasteiger partial charge in [0.1, 0.15) is 51.4 Å². The number of hydrogen-bond donors (Lipinski definition) is 2. The maximum Gasteiger partial charge on any atom is 0.420 e. The number of allylic oxidation sites excluding steroid dienone is 8. The number of carbonyl (C=O) groups excluding carboxylic acids is 3. The van der Waals surface area contributed by atoms with Crippen LogP contribution in [-0.2, 0) is 62.0 Å². The van der Waals surface area contributed by atoms with Gasteiger partial charge in [0.2, 0.25) is 0 Å². The van der Waals surface area contributed by atoms with Crippen molar-refractivity contribution < 1.29 is 88.8 Å². The van der Waals surface area contributed by atoms with Crippen LogP contribution in [0, 0.1) is 0 Å². The third kappa shape index (κ3) is 14.3. The molecule has 5 atom stereocenters. The van der Waals surface area contributed by atoms with Crippen LogP contribution in [0.15, 0.2) is 46.6 Å². The van der Waals surface area contributed by atoms with Crippen LogP contribution in [0.25, 0.3) is 0 Å². The summed E-state index contributed by atoms with van der Waals surface area (Å²) >= 11 is 0. The Labute approximate surface area is 464 Å². The lowest BCUT2D eigenvalue weighted by Crippen LogP contribution is -2.49. The largest absolute Gasteiger partial charge is 0.484 e. The number of hydrogen-bond acceptors (Lipinski definition) is 13. The summed E-state index contributed by atoms with van der Waals surface area (Å²) in [6.45, 7) is 12.1. The standard InChI is InChI=1S/C59H78F6N2O13/c1-34(2)17-12-19-36(5)21-14-24-56(7)43(68)27-38-49(79-56)40-29-66(53(70)45(40)47(58(60,61)62)51(38)76-31-73-9)26-16-23-42(55(72)78-33-75-11)67-30-41-46(54(67)71)48(59(63,64)65)52(77-32-74-10)39-28-44(69)57(8,80-50(39)41)25-15-22-37(6)20-13-18-35(3)4/h17-18,21-22,42-44,68-69H,12-16,19-20,23-33H2,1-11H3/b36-21+,37-22+/t42-,43-,44-,56+,57+/m0/s1. The summed E-state index contributed by atoms with van der Waals surface area (Å²) in [5.74, 6) is -5.02. The summed E-state index contributed by atoms with van der Waals surface area (Å²) in [4.78, 5) is 45.4. The van der Waals surface area contributed by atoms with Crippen molar-refractivity contribution in [2.24, 2.45) is 0 Å². The van der Waals surface area contributed by atoms with Gasteiger partial charge in [-0.15, -0.1) is 0 Å². The van der Waals surface area contributed by atoms with E-state index in [1.54, 1.807) is 13.8 Å². The number of methoxy groups -OCH3 is 3. The van der Waals surface area contributed by atoms with Gasteiger partial charge in [0.05, 0.1) is 36.4 Å². The maximum absolute atomic E-state index is 15.5. The Bertz CT molecular complexity index is 2730. The van der Waals surface area contributed by atoms with Crippen molar-refractivity contribution in [3.8, 4) is 23.0 Å². The summed E-state index contributed by atoms with van der Waals surface area (Å²) in [6.07, 6.45) is -1.24. The van der Waals surface area contributed by atoms with Crippen LogP contribution in [0.1, 0.15) is 174 Å². The molecule has 0 radical (unpaired) electrons. The third-order valence-corrected chi connectivity index (χ3v) is 15.3. The van der Waals surface area contributed by atoms with Crippen molar-refractivity contribution >= 4 is 17.8 Å². The van der Waals surface area contributed by atoms with E-state index in [0.717, 1.165) is 46.6 Å². The highest BCUT2D eigenvalue weighted by Gasteiger charge is 2.54. The molecular weight excluding hydrogens is 1060 g/mol. The number of halogens is 6. The normalized spacial score (nSPS) is 21.3. The van der Waals surface area contributed by atoms with Gasteiger partial charge in [0, 0.05) is 63.0 Å². The number of aliphatic hydroxyl groups is 2. The Morgan fingerprint density at radius 3 is 1.51 bits per heavy atom. The van der Waals surface area contributed by atoms with Crippen LogP contribution >= 0.6 is 0 Å². The second kappa shape index (κ2) is 26.5. The molecule has 4 aliphatic rings. The first-order valence-electron chi connectivity index (χ1n) is 27.0. The fraction of sp³-hybridized carbons (Fsp3) is 0.610. The molecule has 2 aromatic rings. The first kappa shape index (κ1) is 63.6. The summed E-state index contributed by atoms with van der Waals surface area (Å²) in [5, 5.41) is 23.2. The summed E-state index contributed by atoms with van der Waals surface area (Å²) < 4.78 is 137. The molecule has 0 aromatic heterocycles. The zero-order valence-corrected chi connectivity index (χ0v) is 47.8. The minimum absolute atomic E-state index is 0.0429. The number of rotatable bonds is 26. The molecule has 444 valence electrons. The quantitative estimate of drug-likeness (QED) is 0.0395. The van der Waals surface area contributed by atoms with Gasteiger partial charge < -0.3 is 57.9 Å². The van der Waals surface area contributed by atoms with Crippen molar-refractivity contribution in [1.29, 1.82) is 0 Å². The average Bonchev–Trinajstić information content (AvgIpc) is 3.93. The smallest absolute Gasteiger partial charge is 0.420 e. The van der Waals surface area contributed by atoms with Gasteiger partial charge in [-0.2, -0.15) is 26.3 Å². The number of esters is 1. The molecule has 0 fully saturated rings. The fourth-order valence-corrected chi connectivity index (χ4v) is 10.9. The van der Waals surface area contributed by atoms with Crippen molar-refractivity contribution in [3.63, 3.8) is 0 Å². The van der Waals surface area contributed by atoms with E-state index in [1.165, 1.54) is 32.5 Å². The van der Waals surface area contributed by atoms with E-state index in [-0.39, 0.29) is 78.8 Å². The number of fused-ring (bicyclic) bond motifs is 6. The Kier molecular flexibility index (Phi) is 21.1. The van der Waals surface area contributed by atoms with Crippen molar-refractivity contribution in [1.82, 2.24) is 9.80 Å².